The second-order valence-electron chi connectivity index (χ2n) is 8.06. The Morgan fingerprint density at radius 1 is 1.00 bits per heavy atom. The van der Waals surface area contributed by atoms with E-state index in [2.05, 4.69) is 0 Å². The quantitative estimate of drug-likeness (QED) is 0.152. The van der Waals surface area contributed by atoms with Crippen LogP contribution in [0.5, 0.6) is 0 Å². The molecule has 2 unspecified atom stereocenters. The number of cyclic esters (lactones) is 1. The van der Waals surface area contributed by atoms with Gasteiger partial charge in [-0.05, 0) is 38.5 Å². The highest BCUT2D eigenvalue weighted by atomic mass is 33.1. The van der Waals surface area contributed by atoms with E-state index in [0.29, 0.717) is 23.3 Å². The Hall–Kier alpha value is -0.690. The van der Waals surface area contributed by atoms with Crippen LogP contribution in [0.15, 0.2) is 11.5 Å². The number of ether oxygens (including phenoxy) is 3. The Morgan fingerprint density at radius 3 is 2.27 bits per heavy atom. The molecule has 0 amide bonds. The summed E-state index contributed by atoms with van der Waals surface area (Å²) in [6.07, 6.45) is 3.98. The number of carbonyl (C=O) groups excluding carboxylic acids is 3. The molecule has 12 heteroatoms. The van der Waals surface area contributed by atoms with E-state index in [1.165, 1.54) is 6.42 Å². The van der Waals surface area contributed by atoms with Gasteiger partial charge in [-0.2, -0.15) is 0 Å². The molecule has 2 saturated heterocycles. The minimum absolute atomic E-state index is 0.122. The number of unbranched alkanes of at least 4 members (excludes halogenated alkanes) is 1. The lowest BCUT2D eigenvalue weighted by molar-refractivity contribution is -0.157. The zero-order valence-electron chi connectivity index (χ0n) is 18.3. The van der Waals surface area contributed by atoms with Crippen molar-refractivity contribution in [3.63, 3.8) is 0 Å². The van der Waals surface area contributed by atoms with Crippen molar-refractivity contribution < 1.29 is 38.8 Å². The maximum Gasteiger partial charge on any atom is 0.378 e. The Labute approximate surface area is 209 Å². The largest absolute Gasteiger partial charge is 0.505 e. The van der Waals surface area contributed by atoms with Crippen molar-refractivity contribution in [1.82, 2.24) is 0 Å². The van der Waals surface area contributed by atoms with Crippen molar-refractivity contribution in [2.24, 2.45) is 0 Å². The summed E-state index contributed by atoms with van der Waals surface area (Å²) in [5, 5.41) is 21.6. The van der Waals surface area contributed by atoms with Crippen LogP contribution >= 0.6 is 43.2 Å². The first-order valence-corrected chi connectivity index (χ1v) is 16.0. The molecule has 0 spiro atoms. The highest BCUT2D eigenvalue weighted by Gasteiger charge is 2.42. The molecule has 8 nitrogen and oxygen atoms in total. The SMILES string of the molecule is O=C(CCCC1CCSS1)OC[C@H](O)[C@H]1OC(=O)C(OC(=O)CCCCC2CCSS2)=C1O. The molecule has 186 valence electrons. The molecule has 0 bridgehead atoms. The zero-order valence-corrected chi connectivity index (χ0v) is 21.5. The normalized spacial score (nSPS) is 25.8. The Kier molecular flexibility index (Phi) is 11.4. The molecule has 4 atom stereocenters. The molecule has 0 radical (unpaired) electrons. The maximum atomic E-state index is 12.1. The number of hydrogen-bond acceptors (Lipinski definition) is 12. The number of esters is 3. The van der Waals surface area contributed by atoms with E-state index in [-0.39, 0.29) is 12.8 Å². The van der Waals surface area contributed by atoms with Crippen LogP contribution < -0.4 is 0 Å². The molecule has 33 heavy (non-hydrogen) atoms. The Bertz CT molecular complexity index is 719. The number of carbonyl (C=O) groups is 3. The molecule has 3 aliphatic rings. The number of aliphatic hydroxyl groups is 2. The van der Waals surface area contributed by atoms with E-state index < -0.39 is 48.2 Å². The summed E-state index contributed by atoms with van der Waals surface area (Å²) >= 11 is 0. The monoisotopic (exact) mass is 538 g/mol. The predicted octanol–water partition coefficient (Wildman–Crippen LogP) is 4.17. The van der Waals surface area contributed by atoms with Gasteiger partial charge < -0.3 is 24.4 Å². The van der Waals surface area contributed by atoms with E-state index in [1.54, 1.807) is 0 Å². The van der Waals surface area contributed by atoms with Gasteiger partial charge in [-0.15, -0.1) is 0 Å². The fourth-order valence-electron chi connectivity index (χ4n) is 3.56. The van der Waals surface area contributed by atoms with Gasteiger partial charge in [0.15, 0.2) is 11.9 Å². The second kappa shape index (κ2) is 14.0. The van der Waals surface area contributed by atoms with Crippen LogP contribution in [-0.4, -0.2) is 68.9 Å². The van der Waals surface area contributed by atoms with Crippen molar-refractivity contribution in [3.8, 4) is 0 Å². The number of hydrogen-bond donors (Lipinski definition) is 2. The minimum atomic E-state index is -1.46. The van der Waals surface area contributed by atoms with Gasteiger partial charge in [0.1, 0.15) is 12.7 Å². The first-order valence-electron chi connectivity index (χ1n) is 11.2. The molecule has 3 aliphatic heterocycles. The lowest BCUT2D eigenvalue weighted by Gasteiger charge is -2.17. The molecule has 0 aliphatic carbocycles. The van der Waals surface area contributed by atoms with Crippen molar-refractivity contribution in [1.29, 1.82) is 0 Å². The van der Waals surface area contributed by atoms with Gasteiger partial charge in [-0.1, -0.05) is 49.6 Å². The predicted molar refractivity (Wildman–Crippen MR) is 132 cm³/mol. The molecule has 0 saturated carbocycles. The fraction of sp³-hybridized carbons (Fsp3) is 0.762. The summed E-state index contributed by atoms with van der Waals surface area (Å²) in [7, 11) is 7.46. The fourth-order valence-corrected chi connectivity index (χ4v) is 9.62. The molecule has 2 N–H and O–H groups in total. The molecule has 0 aromatic carbocycles. The maximum absolute atomic E-state index is 12.1. The third-order valence-corrected chi connectivity index (χ3v) is 11.4. The van der Waals surface area contributed by atoms with Gasteiger partial charge in [0.05, 0.1) is 0 Å². The van der Waals surface area contributed by atoms with Gasteiger partial charge in [0.2, 0.25) is 0 Å². The van der Waals surface area contributed by atoms with Crippen LogP contribution in [0.3, 0.4) is 0 Å². The summed E-state index contributed by atoms with van der Waals surface area (Å²) in [5.41, 5.74) is 0. The Balaban J connectivity index is 1.34. The molecule has 0 aromatic rings. The van der Waals surface area contributed by atoms with E-state index >= 15 is 0 Å². The lowest BCUT2D eigenvalue weighted by atomic mass is 10.1. The summed E-state index contributed by atoms with van der Waals surface area (Å²) in [5.74, 6) is -1.09. The van der Waals surface area contributed by atoms with E-state index in [0.717, 1.165) is 37.2 Å². The third kappa shape index (κ3) is 8.79. The number of rotatable bonds is 13. The van der Waals surface area contributed by atoms with Gasteiger partial charge in [-0.3, -0.25) is 9.59 Å². The highest BCUT2D eigenvalue weighted by molar-refractivity contribution is 8.77. The van der Waals surface area contributed by atoms with Crippen LogP contribution in [0.1, 0.15) is 57.8 Å². The van der Waals surface area contributed by atoms with Gasteiger partial charge in [0.25, 0.3) is 5.76 Å². The van der Waals surface area contributed by atoms with Crippen LogP contribution in [0.25, 0.3) is 0 Å². The molecule has 3 heterocycles. The Morgan fingerprint density at radius 2 is 1.64 bits per heavy atom. The molecular formula is C21H30O8S4. The lowest BCUT2D eigenvalue weighted by Crippen LogP contribution is -2.33. The molecule has 0 aromatic heterocycles. The molecular weight excluding hydrogens is 508 g/mol. The van der Waals surface area contributed by atoms with Crippen LogP contribution in [0, 0.1) is 0 Å². The average Bonchev–Trinajstić information content (AvgIpc) is 3.55. The minimum Gasteiger partial charge on any atom is -0.505 e. The summed E-state index contributed by atoms with van der Waals surface area (Å²) in [6.45, 7) is -0.437. The third-order valence-electron chi connectivity index (χ3n) is 5.42. The van der Waals surface area contributed by atoms with Crippen LogP contribution in [0.4, 0.5) is 0 Å². The van der Waals surface area contributed by atoms with Crippen LogP contribution in [-0.2, 0) is 28.6 Å². The zero-order chi connectivity index (χ0) is 23.6. The standard InChI is InChI=1S/C21H30O8S4/c22-15(12-27-16(23)7-3-5-14-9-11-31-33-14)19-18(25)20(21(26)29-19)28-17(24)6-2-1-4-13-8-10-30-32-13/h13-15,19,22,25H,1-12H2/t13?,14?,15-,19+/m0/s1. The molecule has 2 fully saturated rings. The average molecular weight is 539 g/mol. The first-order chi connectivity index (χ1) is 15.9. The van der Waals surface area contributed by atoms with Gasteiger partial charge in [-0.25, -0.2) is 4.79 Å². The van der Waals surface area contributed by atoms with E-state index in [9.17, 15) is 24.6 Å². The van der Waals surface area contributed by atoms with Gasteiger partial charge >= 0.3 is 17.9 Å². The van der Waals surface area contributed by atoms with Gasteiger partial charge in [0, 0.05) is 34.8 Å². The van der Waals surface area contributed by atoms with Crippen molar-refractivity contribution >= 4 is 61.1 Å². The first kappa shape index (κ1) is 26.9. The van der Waals surface area contributed by atoms with Crippen LogP contribution in [0.2, 0.25) is 0 Å². The smallest absolute Gasteiger partial charge is 0.378 e. The van der Waals surface area contributed by atoms with Crippen molar-refractivity contribution in [3.05, 3.63) is 11.5 Å². The van der Waals surface area contributed by atoms with Crippen molar-refractivity contribution in [2.75, 3.05) is 18.1 Å². The van der Waals surface area contributed by atoms with Crippen molar-refractivity contribution in [2.45, 2.75) is 80.5 Å². The molecule has 3 rings (SSSR count). The summed E-state index contributed by atoms with van der Waals surface area (Å²) < 4.78 is 15.0. The summed E-state index contributed by atoms with van der Waals surface area (Å²) in [4.78, 5) is 36.0. The van der Waals surface area contributed by atoms with E-state index in [4.69, 9.17) is 14.2 Å². The topological polar surface area (TPSA) is 119 Å². The highest BCUT2D eigenvalue weighted by Crippen LogP contribution is 2.40. The summed E-state index contributed by atoms with van der Waals surface area (Å²) in [6, 6.07) is 0. The number of aliphatic hydroxyl groups excluding tert-OH is 2. The second-order valence-corrected chi connectivity index (χ2v) is 13.6. The van der Waals surface area contributed by atoms with E-state index in [1.807, 2.05) is 43.2 Å².